The molecule has 3 saturated carbocycles. The average Bonchev–Trinajstić information content (AvgIpc) is 3.43. The summed E-state index contributed by atoms with van der Waals surface area (Å²) in [5.74, 6) is -0.735. The molecule has 4 aliphatic carbocycles. The first-order chi connectivity index (χ1) is 22.2. The van der Waals surface area contributed by atoms with E-state index in [4.69, 9.17) is 20.9 Å². The number of carboxylic acid groups (broad SMARTS) is 1. The van der Waals surface area contributed by atoms with Crippen LogP contribution in [0.2, 0.25) is 0 Å². The molecule has 1 aromatic heterocycles. The van der Waals surface area contributed by atoms with Crippen molar-refractivity contribution < 1.29 is 24.2 Å². The Morgan fingerprint density at radius 3 is 2.42 bits per heavy atom. The maximum absolute atomic E-state index is 14.9. The lowest BCUT2D eigenvalue weighted by Crippen LogP contribution is -2.70. The number of fused-ring (bicyclic) bond motifs is 3. The number of nitrogens with zero attached hydrogens (tertiary/aromatic N) is 4. The predicted octanol–water partition coefficient (Wildman–Crippen LogP) is 5.32. The van der Waals surface area contributed by atoms with Crippen LogP contribution in [0.3, 0.4) is 0 Å². The number of aliphatic carboxylic acids is 1. The van der Waals surface area contributed by atoms with Gasteiger partial charge in [0.25, 0.3) is 5.95 Å². The normalized spacial score (nSPS) is 44.3. The Hall–Kier alpha value is -2.37. The minimum atomic E-state index is -1.05. The van der Waals surface area contributed by atoms with Gasteiger partial charge in [-0.1, -0.05) is 73.0 Å². The van der Waals surface area contributed by atoms with Crippen LogP contribution < -0.4 is 11.5 Å². The van der Waals surface area contributed by atoms with Gasteiger partial charge in [0, 0.05) is 21.8 Å². The molecule has 0 amide bonds. The van der Waals surface area contributed by atoms with Gasteiger partial charge in [-0.05, 0) is 90.7 Å². The van der Waals surface area contributed by atoms with Gasteiger partial charge in [-0.15, -0.1) is 5.10 Å². The van der Waals surface area contributed by atoms with E-state index in [1.807, 2.05) is 19.9 Å². The molecule has 4 fully saturated rings. The van der Waals surface area contributed by atoms with Crippen molar-refractivity contribution in [3.63, 3.8) is 0 Å². The molecule has 2 heterocycles. The van der Waals surface area contributed by atoms with Gasteiger partial charge in [-0.25, -0.2) is 0 Å². The van der Waals surface area contributed by atoms with Crippen molar-refractivity contribution in [3.05, 3.63) is 11.6 Å². The van der Waals surface area contributed by atoms with Gasteiger partial charge in [-0.3, -0.25) is 9.59 Å². The van der Waals surface area contributed by atoms with Gasteiger partial charge in [0.15, 0.2) is 5.78 Å². The predicted molar refractivity (Wildman–Crippen MR) is 182 cm³/mol. The van der Waals surface area contributed by atoms with Crippen molar-refractivity contribution in [2.24, 2.45) is 68.3 Å². The molecule has 12 atom stereocenters. The molecule has 6 rings (SSSR count). The number of allylic oxidation sites excluding steroid dienone is 1. The number of rotatable bonds is 8. The van der Waals surface area contributed by atoms with Crippen LogP contribution in [0.15, 0.2) is 11.6 Å². The number of carbonyl (C=O) groups excluding carboxylic acids is 1. The number of carbonyl (C=O) groups is 2. The SMILES string of the molecule is CC(C)[C@@H](C)[C@@]1(C)CC[C@]2(C)[C@H]3CC[C@@H]4[C@@]5(COC[C@]4(C)[C@@H](OCC(C)(N)C(C)C)[C@H](n4nnc(N)n4)C5)C3=CC(=O)[C@@]2(C)[C@@H]1C(=O)O. The van der Waals surface area contributed by atoms with Crippen molar-refractivity contribution in [3.8, 4) is 0 Å². The van der Waals surface area contributed by atoms with Gasteiger partial charge in [0.1, 0.15) is 6.04 Å². The summed E-state index contributed by atoms with van der Waals surface area (Å²) in [5.41, 5.74) is 10.3. The monoisotopic (exact) mass is 668 g/mol. The number of anilines is 1. The topological polar surface area (TPSA) is 168 Å². The third-order valence-corrected chi connectivity index (χ3v) is 15.6. The summed E-state index contributed by atoms with van der Waals surface area (Å²) >= 11 is 0. The standard InChI is InChI=1S/C37H60N6O5/c1-20(2)22(5)32(6)13-14-34(8)23-11-12-26-33(7)17-47-19-37(26,24(23)15-27(44)36(34,10)28(32)30(45)46)16-25(43-41-31(38)40-42-43)29(33)48-18-35(9,39)21(3)4/h15,20-23,25-26,28-29H,11-14,16-19,39H2,1-10H3,(H2,38,41)(H,45,46)/t22-,23+,25-,26+,28-,29+,32-,33+,34-,35?,36+,37+/m1/s1. The van der Waals surface area contributed by atoms with Crippen LogP contribution in [0.25, 0.3) is 0 Å². The zero-order chi connectivity index (χ0) is 35.4. The maximum Gasteiger partial charge on any atom is 0.308 e. The van der Waals surface area contributed by atoms with E-state index in [0.29, 0.717) is 32.2 Å². The molecule has 0 aromatic carbocycles. The highest BCUT2D eigenvalue weighted by Gasteiger charge is 2.74. The fourth-order valence-electron chi connectivity index (χ4n) is 11.7. The van der Waals surface area contributed by atoms with Crippen LogP contribution in [0.5, 0.6) is 0 Å². The molecule has 1 unspecified atom stereocenters. The lowest BCUT2D eigenvalue weighted by atomic mass is 9.34. The summed E-state index contributed by atoms with van der Waals surface area (Å²) in [6, 6.07) is -0.313. The highest BCUT2D eigenvalue weighted by Crippen LogP contribution is 2.74. The quantitative estimate of drug-likeness (QED) is 0.330. The molecule has 1 aromatic rings. The number of hydrogen-bond acceptors (Lipinski definition) is 9. The Morgan fingerprint density at radius 1 is 1.15 bits per heavy atom. The highest BCUT2D eigenvalue weighted by molar-refractivity contribution is 6.00. The number of nitrogen functional groups attached to an aromatic ring is 1. The first-order valence-electron chi connectivity index (χ1n) is 18.2. The molecule has 268 valence electrons. The summed E-state index contributed by atoms with van der Waals surface area (Å²) in [6.45, 7) is 22.6. The van der Waals surface area contributed by atoms with Crippen LogP contribution in [0.1, 0.15) is 107 Å². The zero-order valence-corrected chi connectivity index (χ0v) is 30.9. The lowest BCUT2D eigenvalue weighted by molar-refractivity contribution is -0.252. The van der Waals surface area contributed by atoms with E-state index in [-0.39, 0.29) is 47.5 Å². The molecule has 5 aliphatic rings. The lowest BCUT2D eigenvalue weighted by Gasteiger charge is -2.70. The van der Waals surface area contributed by atoms with Gasteiger partial charge in [0.05, 0.1) is 31.8 Å². The van der Waals surface area contributed by atoms with Crippen LogP contribution in [0, 0.1) is 62.6 Å². The number of aromatic nitrogens is 4. The van der Waals surface area contributed by atoms with Gasteiger partial charge in [0.2, 0.25) is 0 Å². The second-order valence-electron chi connectivity index (χ2n) is 18.4. The second kappa shape index (κ2) is 11.3. The van der Waals surface area contributed by atoms with Crippen molar-refractivity contribution in [2.45, 2.75) is 119 Å². The maximum atomic E-state index is 14.9. The molecule has 11 nitrogen and oxygen atoms in total. The van der Waals surface area contributed by atoms with Gasteiger partial charge >= 0.3 is 5.97 Å². The number of ether oxygens (including phenoxy) is 2. The van der Waals surface area contributed by atoms with Crippen molar-refractivity contribution in [1.29, 1.82) is 0 Å². The van der Waals surface area contributed by atoms with E-state index < -0.39 is 44.5 Å². The summed E-state index contributed by atoms with van der Waals surface area (Å²) in [4.78, 5) is 30.0. The highest BCUT2D eigenvalue weighted by atomic mass is 16.5. The van der Waals surface area contributed by atoms with E-state index in [0.717, 1.165) is 31.3 Å². The van der Waals surface area contributed by atoms with Crippen LogP contribution >= 0.6 is 0 Å². The Kier molecular flexibility index (Phi) is 8.36. The fourth-order valence-corrected chi connectivity index (χ4v) is 11.7. The molecular weight excluding hydrogens is 608 g/mol. The summed E-state index contributed by atoms with van der Waals surface area (Å²) < 4.78 is 13.5. The van der Waals surface area contributed by atoms with Crippen LogP contribution in [-0.4, -0.2) is 68.5 Å². The molecule has 1 saturated heterocycles. The molecular formula is C37H60N6O5. The Bertz CT molecular complexity index is 1490. The first-order valence-corrected chi connectivity index (χ1v) is 18.2. The first kappa shape index (κ1) is 35.5. The minimum Gasteiger partial charge on any atom is -0.481 e. The molecule has 0 spiro atoms. The number of nitrogens with two attached hydrogens (primary N) is 2. The summed E-state index contributed by atoms with van der Waals surface area (Å²) in [6.07, 6.45) is 5.55. The van der Waals surface area contributed by atoms with Crippen molar-refractivity contribution in [2.75, 3.05) is 25.6 Å². The number of hydrogen-bond donors (Lipinski definition) is 3. The Morgan fingerprint density at radius 2 is 1.83 bits per heavy atom. The zero-order valence-electron chi connectivity index (χ0n) is 30.9. The van der Waals surface area contributed by atoms with Crippen molar-refractivity contribution >= 4 is 17.7 Å². The third-order valence-electron chi connectivity index (χ3n) is 15.6. The average molecular weight is 669 g/mol. The summed E-state index contributed by atoms with van der Waals surface area (Å²) in [7, 11) is 0. The molecule has 0 radical (unpaired) electrons. The third kappa shape index (κ3) is 4.65. The number of carboxylic acids is 1. The van der Waals surface area contributed by atoms with Gasteiger partial charge < -0.3 is 26.0 Å². The fraction of sp³-hybridized carbons (Fsp3) is 0.865. The Labute approximate surface area is 286 Å². The number of ketones is 1. The van der Waals surface area contributed by atoms with E-state index in [9.17, 15) is 14.7 Å². The largest absolute Gasteiger partial charge is 0.481 e. The molecule has 2 bridgehead atoms. The van der Waals surface area contributed by atoms with E-state index in [1.165, 1.54) is 0 Å². The molecule has 5 N–H and O–H groups in total. The number of tetrazole rings is 1. The minimum absolute atomic E-state index is 0.0447. The van der Waals surface area contributed by atoms with E-state index in [1.54, 1.807) is 4.80 Å². The van der Waals surface area contributed by atoms with Gasteiger partial charge in [-0.2, -0.15) is 4.80 Å². The van der Waals surface area contributed by atoms with E-state index >= 15 is 0 Å². The van der Waals surface area contributed by atoms with E-state index in [2.05, 4.69) is 70.8 Å². The second-order valence-corrected chi connectivity index (χ2v) is 18.4. The Balaban J connectivity index is 1.48. The van der Waals surface area contributed by atoms with Crippen LogP contribution in [0.4, 0.5) is 5.95 Å². The van der Waals surface area contributed by atoms with Crippen LogP contribution in [-0.2, 0) is 19.1 Å². The molecule has 48 heavy (non-hydrogen) atoms. The molecule has 1 aliphatic heterocycles. The van der Waals surface area contributed by atoms with Crippen molar-refractivity contribution in [1.82, 2.24) is 20.2 Å². The molecule has 11 heteroatoms. The smallest absolute Gasteiger partial charge is 0.308 e. The summed E-state index contributed by atoms with van der Waals surface area (Å²) in [5, 5.41) is 23.9.